The molecule has 4 saturated carbocycles. The summed E-state index contributed by atoms with van der Waals surface area (Å²) in [6.07, 6.45) is 11.5. The molecule has 2 spiro atoms. The predicted octanol–water partition coefficient (Wildman–Crippen LogP) is 3.62. The lowest BCUT2D eigenvalue weighted by atomic mass is 9.51. The quantitative estimate of drug-likeness (QED) is 0.637. The van der Waals surface area contributed by atoms with Crippen molar-refractivity contribution in [3.05, 3.63) is 0 Å². The van der Waals surface area contributed by atoms with Crippen LogP contribution in [0.2, 0.25) is 0 Å². The molecular weight excluding hydrogens is 380 g/mol. The highest BCUT2D eigenvalue weighted by Crippen LogP contribution is 2.59. The first kappa shape index (κ1) is 21.6. The zero-order valence-corrected chi connectivity index (χ0v) is 18.6. The van der Waals surface area contributed by atoms with Gasteiger partial charge in [0.15, 0.2) is 0 Å². The molecular formula is C24H38N2O4. The summed E-state index contributed by atoms with van der Waals surface area (Å²) >= 11 is 0. The van der Waals surface area contributed by atoms with Gasteiger partial charge in [-0.3, -0.25) is 9.59 Å². The second-order valence-corrected chi connectivity index (χ2v) is 11.0. The van der Waals surface area contributed by atoms with Gasteiger partial charge in [-0.2, -0.15) is 0 Å². The van der Waals surface area contributed by atoms with Crippen LogP contribution in [-0.2, 0) is 19.1 Å². The van der Waals surface area contributed by atoms with Gasteiger partial charge >= 0.3 is 5.97 Å². The second-order valence-electron chi connectivity index (χ2n) is 11.0. The molecule has 0 aromatic rings. The lowest BCUT2D eigenvalue weighted by Crippen LogP contribution is -2.67. The average Bonchev–Trinajstić information content (AvgIpc) is 2.62. The third-order valence-electron chi connectivity index (χ3n) is 7.77. The van der Waals surface area contributed by atoms with E-state index < -0.39 is 11.6 Å². The Labute approximate surface area is 180 Å². The summed E-state index contributed by atoms with van der Waals surface area (Å²) in [6, 6.07) is -0.605. The monoisotopic (exact) mass is 418 g/mol. The molecule has 6 heteroatoms. The third-order valence-corrected chi connectivity index (χ3v) is 7.77. The van der Waals surface area contributed by atoms with Crippen molar-refractivity contribution in [1.82, 2.24) is 10.6 Å². The molecule has 5 fully saturated rings. The maximum Gasteiger partial charge on any atom is 0.329 e. The first-order valence-electron chi connectivity index (χ1n) is 12.1. The van der Waals surface area contributed by atoms with Crippen molar-refractivity contribution in [3.8, 4) is 0 Å². The van der Waals surface area contributed by atoms with E-state index in [2.05, 4.69) is 10.6 Å². The van der Waals surface area contributed by atoms with Gasteiger partial charge in [-0.15, -0.1) is 0 Å². The van der Waals surface area contributed by atoms with Crippen LogP contribution in [0, 0.1) is 17.8 Å². The summed E-state index contributed by atoms with van der Waals surface area (Å²) < 4.78 is 6.25. The van der Waals surface area contributed by atoms with Gasteiger partial charge < -0.3 is 15.4 Å². The van der Waals surface area contributed by atoms with E-state index >= 15 is 0 Å². The van der Waals surface area contributed by atoms with Crippen molar-refractivity contribution in [3.63, 3.8) is 0 Å². The number of hydrogen-bond donors (Lipinski definition) is 2. The van der Waals surface area contributed by atoms with Crippen LogP contribution in [0.1, 0.15) is 97.3 Å². The number of carbonyl (C=O) groups is 3. The standard InChI is InChI=1S/C24H38N2O4/c1-16(2)21-22(29)30-24-13-17-10-18(14-24)12-23(11-17,15-24)26-20(28)9-7-5-3-4-6-8-19(27)25-21/h16-18,21H,3-15H2,1-2H3,(H,25,27)(H,26,28)/t17-,18+,21?,23?,24?. The molecule has 5 aliphatic rings. The van der Waals surface area contributed by atoms with Crippen molar-refractivity contribution in [2.75, 3.05) is 0 Å². The van der Waals surface area contributed by atoms with Gasteiger partial charge in [0.25, 0.3) is 0 Å². The van der Waals surface area contributed by atoms with Gasteiger partial charge in [-0.1, -0.05) is 33.1 Å². The first-order chi connectivity index (χ1) is 14.3. The van der Waals surface area contributed by atoms with Crippen molar-refractivity contribution in [1.29, 1.82) is 0 Å². The Morgan fingerprint density at radius 3 is 2.10 bits per heavy atom. The topological polar surface area (TPSA) is 84.5 Å². The SMILES string of the molecule is CC(C)C1NC(=O)CCCCCCCC(=O)NC23C[C@H]4C[C@@H](C2)CC(C4)(C3)OC1=O. The summed E-state index contributed by atoms with van der Waals surface area (Å²) in [5.41, 5.74) is -0.702. The minimum Gasteiger partial charge on any atom is -0.457 e. The lowest BCUT2D eigenvalue weighted by Gasteiger charge is -2.61. The highest BCUT2D eigenvalue weighted by molar-refractivity contribution is 5.85. The van der Waals surface area contributed by atoms with Crippen LogP contribution in [0.15, 0.2) is 0 Å². The highest BCUT2D eigenvalue weighted by atomic mass is 16.6. The highest BCUT2D eigenvalue weighted by Gasteiger charge is 2.60. The van der Waals surface area contributed by atoms with Gasteiger partial charge in [-0.25, -0.2) is 4.79 Å². The Morgan fingerprint density at radius 2 is 1.47 bits per heavy atom. The normalized spacial score (nSPS) is 40.5. The molecule has 4 bridgehead atoms. The molecule has 4 aliphatic carbocycles. The van der Waals surface area contributed by atoms with Gasteiger partial charge in [0.2, 0.25) is 11.8 Å². The third kappa shape index (κ3) is 4.67. The zero-order valence-electron chi connectivity index (χ0n) is 18.6. The van der Waals surface area contributed by atoms with E-state index in [4.69, 9.17) is 4.74 Å². The van der Waals surface area contributed by atoms with Crippen molar-refractivity contribution < 1.29 is 19.1 Å². The van der Waals surface area contributed by atoms with E-state index in [1.807, 2.05) is 13.8 Å². The molecule has 6 nitrogen and oxygen atoms in total. The van der Waals surface area contributed by atoms with Crippen LogP contribution >= 0.6 is 0 Å². The Morgan fingerprint density at radius 1 is 0.867 bits per heavy atom. The fourth-order valence-corrected chi connectivity index (χ4v) is 6.92. The Balaban J connectivity index is 1.56. The molecule has 1 saturated heterocycles. The van der Waals surface area contributed by atoms with E-state index in [1.165, 1.54) is 6.42 Å². The lowest BCUT2D eigenvalue weighted by molar-refractivity contribution is -0.195. The zero-order chi connectivity index (χ0) is 21.4. The maximum atomic E-state index is 13.2. The van der Waals surface area contributed by atoms with Gasteiger partial charge in [0, 0.05) is 24.8 Å². The Hall–Kier alpha value is -1.59. The minimum absolute atomic E-state index is 0.0221. The van der Waals surface area contributed by atoms with Crippen LogP contribution in [0.3, 0.4) is 0 Å². The summed E-state index contributed by atoms with van der Waals surface area (Å²) in [5.74, 6) is 0.785. The molecule has 2 N–H and O–H groups in total. The number of amides is 2. The summed E-state index contributed by atoms with van der Waals surface area (Å²) in [7, 11) is 0. The number of nitrogens with one attached hydrogen (secondary N) is 2. The molecule has 30 heavy (non-hydrogen) atoms. The van der Waals surface area contributed by atoms with Crippen LogP contribution < -0.4 is 10.6 Å². The van der Waals surface area contributed by atoms with E-state index in [0.29, 0.717) is 24.7 Å². The smallest absolute Gasteiger partial charge is 0.329 e. The molecule has 2 amide bonds. The van der Waals surface area contributed by atoms with Crippen LogP contribution in [0.4, 0.5) is 0 Å². The molecule has 0 radical (unpaired) electrons. The number of esters is 1. The van der Waals surface area contributed by atoms with Crippen LogP contribution in [-0.4, -0.2) is 35.0 Å². The van der Waals surface area contributed by atoms with Gasteiger partial charge in [0.1, 0.15) is 11.6 Å². The predicted molar refractivity (Wildman–Crippen MR) is 113 cm³/mol. The molecule has 3 unspecified atom stereocenters. The summed E-state index contributed by atoms with van der Waals surface area (Å²) in [5, 5.41) is 6.35. The molecule has 5 rings (SSSR count). The van der Waals surface area contributed by atoms with Crippen LogP contribution in [0.25, 0.3) is 0 Å². The first-order valence-corrected chi connectivity index (χ1v) is 12.1. The number of carbonyl (C=O) groups excluding carboxylic acids is 3. The fraction of sp³-hybridized carbons (Fsp3) is 0.875. The molecule has 0 aromatic carbocycles. The van der Waals surface area contributed by atoms with Gasteiger partial charge in [0.05, 0.1) is 0 Å². The molecule has 0 aromatic heterocycles. The largest absolute Gasteiger partial charge is 0.457 e. The van der Waals surface area contributed by atoms with Gasteiger partial charge in [-0.05, 0) is 62.7 Å². The van der Waals surface area contributed by atoms with Crippen molar-refractivity contribution in [2.24, 2.45) is 17.8 Å². The maximum absolute atomic E-state index is 13.2. The number of rotatable bonds is 1. The van der Waals surface area contributed by atoms with E-state index in [9.17, 15) is 14.4 Å². The van der Waals surface area contributed by atoms with E-state index in [-0.39, 0.29) is 29.2 Å². The molecule has 5 atom stereocenters. The van der Waals surface area contributed by atoms with Crippen molar-refractivity contribution in [2.45, 2.75) is 114 Å². The molecule has 1 heterocycles. The molecule has 168 valence electrons. The Kier molecular flexibility index (Phi) is 6.13. The molecule has 1 aliphatic heterocycles. The summed E-state index contributed by atoms with van der Waals surface area (Å²) in [6.45, 7) is 3.91. The second kappa shape index (κ2) is 8.51. The van der Waals surface area contributed by atoms with Crippen LogP contribution in [0.5, 0.6) is 0 Å². The van der Waals surface area contributed by atoms with E-state index in [1.54, 1.807) is 0 Å². The Bertz CT molecular complexity index is 675. The number of ether oxygens (including phenoxy) is 1. The number of hydrogen-bond acceptors (Lipinski definition) is 4. The van der Waals surface area contributed by atoms with Crippen molar-refractivity contribution >= 4 is 17.8 Å². The average molecular weight is 419 g/mol. The summed E-state index contributed by atoms with van der Waals surface area (Å²) in [4.78, 5) is 38.4. The van der Waals surface area contributed by atoms with E-state index in [0.717, 1.165) is 64.2 Å². The minimum atomic E-state index is -0.605. The fourth-order valence-electron chi connectivity index (χ4n) is 6.92.